The van der Waals surface area contributed by atoms with Gasteiger partial charge in [0.15, 0.2) is 17.6 Å². The molecule has 3 aromatic carbocycles. The number of para-hydroxylation sites is 1. The number of carbonyl (C=O) groups is 1. The van der Waals surface area contributed by atoms with Crippen molar-refractivity contribution in [2.45, 2.75) is 124 Å². The van der Waals surface area contributed by atoms with Gasteiger partial charge in [-0.1, -0.05) is 106 Å². The van der Waals surface area contributed by atoms with E-state index < -0.39 is 28.4 Å². The molecule has 0 saturated carbocycles. The van der Waals surface area contributed by atoms with Gasteiger partial charge in [0.25, 0.3) is 5.91 Å². The number of carbonyl (C=O) groups excluding carboxylic acids is 1. The molecule has 0 aromatic heterocycles. The van der Waals surface area contributed by atoms with E-state index in [0.29, 0.717) is 17.9 Å². The van der Waals surface area contributed by atoms with Crippen LogP contribution in [-0.2, 0) is 21.0 Å². The molecule has 0 aliphatic rings. The van der Waals surface area contributed by atoms with Crippen LogP contribution in [0.15, 0.2) is 54.6 Å². The number of unbranched alkanes of at least 4 members (excludes halogenated alkanes) is 1. The Hall–Kier alpha value is -4.07. The summed E-state index contributed by atoms with van der Waals surface area (Å²) in [5.41, 5.74) is 2.22. The molecule has 0 spiro atoms. The summed E-state index contributed by atoms with van der Waals surface area (Å²) in [7, 11) is 0. The fourth-order valence-corrected chi connectivity index (χ4v) is 5.16. The van der Waals surface area contributed by atoms with Crippen LogP contribution in [0.4, 0.5) is 11.4 Å². The van der Waals surface area contributed by atoms with E-state index in [0.717, 1.165) is 48.9 Å². The molecule has 46 heavy (non-hydrogen) atoms. The molecule has 8 nitrogen and oxygen atoms in total. The Morgan fingerprint density at radius 3 is 2.11 bits per heavy atom. The minimum absolute atomic E-state index is 0.0178. The molecule has 0 bridgehead atoms. The molecule has 3 rings (SSSR count). The Balaban J connectivity index is 2.07. The molecular formula is C38H52N2O6. The number of nitrogens with zero attached hydrogens (tertiary/aromatic N) is 1. The second-order valence-corrected chi connectivity index (χ2v) is 14.4. The number of anilines is 1. The topological polar surface area (TPSA) is 111 Å². The predicted octanol–water partition coefficient (Wildman–Crippen LogP) is 10.3. The number of nitro groups is 1. The maximum Gasteiger partial charge on any atom is 0.314 e. The zero-order valence-electron chi connectivity index (χ0n) is 29.2. The maximum atomic E-state index is 14.0. The molecule has 0 aliphatic carbocycles. The smallest absolute Gasteiger partial charge is 0.314 e. The molecule has 0 aliphatic heterocycles. The summed E-state index contributed by atoms with van der Waals surface area (Å²) < 4.78 is 12.8. The number of rotatable bonds is 14. The SMILES string of the molecule is CCCCC(Oc1ccc(C(C)(C)CC)cc1C(C)(C)CC)C(=O)Nc1cc(O)c([N+](=O)[O-])cc1Oc1ccccc1C(C)(C)C. The van der Waals surface area contributed by atoms with Crippen molar-refractivity contribution < 1.29 is 24.3 Å². The van der Waals surface area contributed by atoms with Gasteiger partial charge in [0.05, 0.1) is 16.7 Å². The fraction of sp³-hybridized carbons (Fsp3) is 0.500. The summed E-state index contributed by atoms with van der Waals surface area (Å²) in [5.74, 6) is 0.173. The average Bonchev–Trinajstić information content (AvgIpc) is 2.99. The zero-order valence-corrected chi connectivity index (χ0v) is 29.2. The number of nitro benzene ring substituents is 1. The van der Waals surface area contributed by atoms with Crippen molar-refractivity contribution in [3.63, 3.8) is 0 Å². The normalized spacial score (nSPS) is 12.8. The number of phenols is 1. The van der Waals surface area contributed by atoms with Gasteiger partial charge >= 0.3 is 5.69 Å². The number of amides is 1. The van der Waals surface area contributed by atoms with Gasteiger partial charge < -0.3 is 19.9 Å². The third-order valence-electron chi connectivity index (χ3n) is 9.09. The molecule has 1 unspecified atom stereocenters. The second kappa shape index (κ2) is 14.6. The second-order valence-electron chi connectivity index (χ2n) is 14.4. The summed E-state index contributed by atoms with van der Waals surface area (Å²) in [6.07, 6.45) is 3.07. The number of nitrogens with one attached hydrogen (secondary N) is 1. The van der Waals surface area contributed by atoms with Crippen molar-refractivity contribution in [2.24, 2.45) is 0 Å². The maximum absolute atomic E-state index is 14.0. The third-order valence-corrected chi connectivity index (χ3v) is 9.09. The van der Waals surface area contributed by atoms with Gasteiger partial charge in [-0.2, -0.15) is 0 Å². The third kappa shape index (κ3) is 8.59. The Labute approximate surface area is 274 Å². The van der Waals surface area contributed by atoms with E-state index in [9.17, 15) is 20.0 Å². The highest BCUT2D eigenvalue weighted by molar-refractivity contribution is 5.96. The van der Waals surface area contributed by atoms with Crippen LogP contribution < -0.4 is 14.8 Å². The van der Waals surface area contributed by atoms with Crippen LogP contribution in [0.1, 0.15) is 118 Å². The van der Waals surface area contributed by atoms with Crippen LogP contribution in [0.2, 0.25) is 0 Å². The molecule has 250 valence electrons. The van der Waals surface area contributed by atoms with Crippen LogP contribution in [0.3, 0.4) is 0 Å². The minimum atomic E-state index is -0.858. The van der Waals surface area contributed by atoms with Gasteiger partial charge in [-0.25, -0.2) is 0 Å². The van der Waals surface area contributed by atoms with Crippen LogP contribution in [0, 0.1) is 10.1 Å². The number of hydrogen-bond acceptors (Lipinski definition) is 6. The van der Waals surface area contributed by atoms with Crippen LogP contribution in [0.5, 0.6) is 23.0 Å². The van der Waals surface area contributed by atoms with E-state index in [4.69, 9.17) is 9.47 Å². The Morgan fingerprint density at radius 1 is 0.870 bits per heavy atom. The summed E-state index contributed by atoms with van der Waals surface area (Å²) in [6, 6.07) is 16.0. The summed E-state index contributed by atoms with van der Waals surface area (Å²) in [4.78, 5) is 25.0. The lowest BCUT2D eigenvalue weighted by Gasteiger charge is -2.31. The predicted molar refractivity (Wildman–Crippen MR) is 186 cm³/mol. The van der Waals surface area contributed by atoms with Crippen molar-refractivity contribution in [3.8, 4) is 23.0 Å². The molecule has 0 heterocycles. The molecule has 1 atom stereocenters. The van der Waals surface area contributed by atoms with Crippen LogP contribution in [-0.4, -0.2) is 22.0 Å². The Bertz CT molecular complexity index is 1540. The lowest BCUT2D eigenvalue weighted by molar-refractivity contribution is -0.385. The molecular weight excluding hydrogens is 580 g/mol. The van der Waals surface area contributed by atoms with Crippen molar-refractivity contribution in [1.29, 1.82) is 0 Å². The largest absolute Gasteiger partial charge is 0.502 e. The summed E-state index contributed by atoms with van der Waals surface area (Å²) in [5, 5.41) is 25.2. The monoisotopic (exact) mass is 632 g/mol. The Morgan fingerprint density at radius 2 is 1.52 bits per heavy atom. The van der Waals surface area contributed by atoms with Gasteiger partial charge in [-0.3, -0.25) is 14.9 Å². The first kappa shape index (κ1) is 36.4. The standard InChI is InChI=1S/C38H52N2O6/c1-11-14-18-33(45-32-21-20-25(37(7,8)12-2)22-27(32)38(9,10)13-3)35(42)39-28-23-30(41)29(40(43)44)24-34(28)46-31-19-16-15-17-26(31)36(4,5)6/h15-17,19-24,33,41H,11-14,18H2,1-10H3,(H,39,42). The minimum Gasteiger partial charge on any atom is -0.502 e. The van der Waals surface area contributed by atoms with Crippen molar-refractivity contribution in [1.82, 2.24) is 0 Å². The van der Waals surface area contributed by atoms with Gasteiger partial charge in [-0.05, 0) is 59.6 Å². The van der Waals surface area contributed by atoms with E-state index in [-0.39, 0.29) is 27.7 Å². The van der Waals surface area contributed by atoms with Gasteiger partial charge in [-0.15, -0.1) is 0 Å². The van der Waals surface area contributed by atoms with Gasteiger partial charge in [0.1, 0.15) is 11.5 Å². The lowest BCUT2D eigenvalue weighted by Crippen LogP contribution is -2.34. The molecule has 8 heteroatoms. The first-order valence-corrected chi connectivity index (χ1v) is 16.4. The zero-order chi connectivity index (χ0) is 34.4. The summed E-state index contributed by atoms with van der Waals surface area (Å²) >= 11 is 0. The van der Waals surface area contributed by atoms with Crippen molar-refractivity contribution in [2.75, 3.05) is 5.32 Å². The van der Waals surface area contributed by atoms with E-state index >= 15 is 0 Å². The summed E-state index contributed by atoms with van der Waals surface area (Å²) in [6.45, 7) is 21.3. The highest BCUT2D eigenvalue weighted by atomic mass is 16.6. The van der Waals surface area contributed by atoms with E-state index in [1.807, 2.05) is 45.0 Å². The number of phenolic OH excluding ortho intramolecular Hbond substituents is 1. The fourth-order valence-electron chi connectivity index (χ4n) is 5.16. The highest BCUT2D eigenvalue weighted by Crippen LogP contribution is 2.43. The first-order chi connectivity index (χ1) is 21.4. The van der Waals surface area contributed by atoms with E-state index in [1.54, 1.807) is 6.07 Å². The molecule has 1 amide bonds. The lowest BCUT2D eigenvalue weighted by atomic mass is 9.76. The highest BCUT2D eigenvalue weighted by Gasteiger charge is 2.30. The molecule has 0 saturated heterocycles. The Kier molecular flexibility index (Phi) is 11.5. The van der Waals surface area contributed by atoms with E-state index in [1.165, 1.54) is 5.56 Å². The number of hydrogen-bond donors (Lipinski definition) is 2. The van der Waals surface area contributed by atoms with Gasteiger partial charge in [0, 0.05) is 17.2 Å². The number of benzene rings is 3. The molecule has 0 radical (unpaired) electrons. The number of ether oxygens (including phenoxy) is 2. The molecule has 3 aromatic rings. The van der Waals surface area contributed by atoms with Crippen LogP contribution >= 0.6 is 0 Å². The van der Waals surface area contributed by atoms with Gasteiger partial charge in [0.2, 0.25) is 0 Å². The quantitative estimate of drug-likeness (QED) is 0.135. The first-order valence-electron chi connectivity index (χ1n) is 16.4. The van der Waals surface area contributed by atoms with E-state index in [2.05, 4.69) is 65.9 Å². The molecule has 0 fully saturated rings. The number of aromatic hydroxyl groups is 1. The molecule has 2 N–H and O–H groups in total. The van der Waals surface area contributed by atoms with Crippen molar-refractivity contribution in [3.05, 3.63) is 81.4 Å². The average molecular weight is 633 g/mol. The van der Waals surface area contributed by atoms with Crippen molar-refractivity contribution >= 4 is 17.3 Å². The van der Waals surface area contributed by atoms with Crippen LogP contribution in [0.25, 0.3) is 0 Å².